The molecule has 0 bridgehead atoms. The molecule has 1 saturated heterocycles. The van der Waals surface area contributed by atoms with Crippen molar-refractivity contribution >= 4 is 5.84 Å². The van der Waals surface area contributed by atoms with Gasteiger partial charge in [0.1, 0.15) is 0 Å². The van der Waals surface area contributed by atoms with Crippen molar-refractivity contribution in [2.24, 2.45) is 0 Å². The van der Waals surface area contributed by atoms with Gasteiger partial charge in [0.05, 0.1) is 18.0 Å². The van der Waals surface area contributed by atoms with Crippen molar-refractivity contribution in [1.82, 2.24) is 4.90 Å². The number of nitrogens with one attached hydrogen (secondary N) is 1. The zero-order valence-electron chi connectivity index (χ0n) is 8.25. The van der Waals surface area contributed by atoms with E-state index in [1.165, 1.54) is 19.3 Å². The van der Waals surface area contributed by atoms with Gasteiger partial charge in [0.25, 0.3) is 0 Å². The second-order valence-corrected chi connectivity index (χ2v) is 4.02. The van der Waals surface area contributed by atoms with Gasteiger partial charge in [-0.05, 0) is 25.7 Å². The number of methoxy groups -OCH3 is 1. The van der Waals surface area contributed by atoms with Gasteiger partial charge in [-0.25, -0.2) is 0 Å². The van der Waals surface area contributed by atoms with Crippen LogP contribution in [0, 0.1) is 5.41 Å². The molecule has 74 valence electrons. The van der Waals surface area contributed by atoms with E-state index in [2.05, 4.69) is 4.90 Å². The molecular weight excluding hydrogens is 164 g/mol. The molecule has 1 saturated carbocycles. The molecule has 0 aromatic heterocycles. The summed E-state index contributed by atoms with van der Waals surface area (Å²) in [6.07, 6.45) is 6.13. The second kappa shape index (κ2) is 3.66. The maximum atomic E-state index is 7.81. The Morgan fingerprint density at radius 2 is 2.23 bits per heavy atom. The molecule has 13 heavy (non-hydrogen) atoms. The highest BCUT2D eigenvalue weighted by molar-refractivity contribution is 5.81. The highest BCUT2D eigenvalue weighted by Gasteiger charge is 2.34. The van der Waals surface area contributed by atoms with Crippen LogP contribution in [0.25, 0.3) is 0 Å². The summed E-state index contributed by atoms with van der Waals surface area (Å²) in [7, 11) is 1.79. The van der Waals surface area contributed by atoms with Gasteiger partial charge in [0.15, 0.2) is 0 Å². The van der Waals surface area contributed by atoms with E-state index in [0.29, 0.717) is 12.1 Å². The Bertz CT molecular complexity index is 205. The van der Waals surface area contributed by atoms with Gasteiger partial charge in [-0.3, -0.25) is 5.41 Å². The molecular formula is C10H18N2O. The molecule has 0 spiro atoms. The van der Waals surface area contributed by atoms with Crippen LogP contribution in [0.2, 0.25) is 0 Å². The number of ether oxygens (including phenoxy) is 1. The predicted octanol–water partition coefficient (Wildman–Crippen LogP) is 1.63. The standard InChI is InChI=1S/C10H18N2O/c1-13-9-5-2-4-8(9)12-7-3-6-10(12)11/h8-9,11H,2-7H2,1H3. The normalized spacial score (nSPS) is 34.5. The number of amidine groups is 1. The lowest BCUT2D eigenvalue weighted by molar-refractivity contribution is 0.0599. The number of nitrogens with zero attached hydrogens (tertiary/aromatic N) is 1. The van der Waals surface area contributed by atoms with Gasteiger partial charge in [0, 0.05) is 20.1 Å². The van der Waals surface area contributed by atoms with Crippen LogP contribution in [0.1, 0.15) is 32.1 Å². The number of hydrogen-bond acceptors (Lipinski definition) is 2. The largest absolute Gasteiger partial charge is 0.379 e. The summed E-state index contributed by atoms with van der Waals surface area (Å²) in [5.41, 5.74) is 0. The predicted molar refractivity (Wildman–Crippen MR) is 52.1 cm³/mol. The maximum Gasteiger partial charge on any atom is 0.0961 e. The van der Waals surface area contributed by atoms with Crippen LogP contribution >= 0.6 is 0 Å². The third kappa shape index (κ3) is 1.57. The van der Waals surface area contributed by atoms with E-state index in [0.717, 1.165) is 25.2 Å². The fourth-order valence-corrected chi connectivity index (χ4v) is 2.60. The summed E-state index contributed by atoms with van der Waals surface area (Å²) >= 11 is 0. The van der Waals surface area contributed by atoms with E-state index in [1.807, 2.05) is 0 Å². The molecule has 0 aromatic carbocycles. The topological polar surface area (TPSA) is 36.3 Å². The van der Waals surface area contributed by atoms with Gasteiger partial charge < -0.3 is 9.64 Å². The molecule has 0 aromatic rings. The first-order valence-electron chi connectivity index (χ1n) is 5.20. The smallest absolute Gasteiger partial charge is 0.0961 e. The van der Waals surface area contributed by atoms with Crippen LogP contribution in [0.3, 0.4) is 0 Å². The summed E-state index contributed by atoms with van der Waals surface area (Å²) in [5, 5.41) is 7.81. The summed E-state index contributed by atoms with van der Waals surface area (Å²) in [5.74, 6) is 0.828. The molecule has 2 fully saturated rings. The minimum absolute atomic E-state index is 0.374. The van der Waals surface area contributed by atoms with Crippen molar-refractivity contribution < 1.29 is 4.74 Å². The number of likely N-dealkylation sites (tertiary alicyclic amines) is 1. The van der Waals surface area contributed by atoms with Crippen LogP contribution in [0.4, 0.5) is 0 Å². The molecule has 2 atom stereocenters. The van der Waals surface area contributed by atoms with Gasteiger partial charge in [0.2, 0.25) is 0 Å². The molecule has 3 nitrogen and oxygen atoms in total. The highest BCUT2D eigenvalue weighted by Crippen LogP contribution is 2.29. The van der Waals surface area contributed by atoms with Gasteiger partial charge in [-0.2, -0.15) is 0 Å². The lowest BCUT2D eigenvalue weighted by atomic mass is 10.2. The molecule has 1 aliphatic carbocycles. The van der Waals surface area contributed by atoms with Gasteiger partial charge in [-0.1, -0.05) is 0 Å². The Labute approximate surface area is 79.6 Å². The Morgan fingerprint density at radius 1 is 1.38 bits per heavy atom. The fourth-order valence-electron chi connectivity index (χ4n) is 2.60. The monoisotopic (exact) mass is 182 g/mol. The summed E-state index contributed by atoms with van der Waals surface area (Å²) in [6.45, 7) is 1.07. The lowest BCUT2D eigenvalue weighted by Crippen LogP contribution is -2.41. The molecule has 1 aliphatic heterocycles. The molecule has 2 rings (SSSR count). The van der Waals surface area contributed by atoms with E-state index in [-0.39, 0.29) is 0 Å². The highest BCUT2D eigenvalue weighted by atomic mass is 16.5. The van der Waals surface area contributed by atoms with Crippen LogP contribution in [0.5, 0.6) is 0 Å². The molecule has 0 amide bonds. The van der Waals surface area contributed by atoms with E-state index >= 15 is 0 Å². The molecule has 0 radical (unpaired) electrons. The summed E-state index contributed by atoms with van der Waals surface area (Å²) in [4.78, 5) is 2.25. The number of hydrogen-bond donors (Lipinski definition) is 1. The van der Waals surface area contributed by atoms with E-state index in [9.17, 15) is 0 Å². The average molecular weight is 182 g/mol. The Morgan fingerprint density at radius 3 is 2.85 bits per heavy atom. The van der Waals surface area contributed by atoms with Crippen molar-refractivity contribution in [1.29, 1.82) is 5.41 Å². The quantitative estimate of drug-likeness (QED) is 0.704. The van der Waals surface area contributed by atoms with Crippen molar-refractivity contribution in [2.45, 2.75) is 44.2 Å². The zero-order chi connectivity index (χ0) is 9.26. The number of rotatable bonds is 2. The Hall–Kier alpha value is -0.570. The molecule has 1 N–H and O–H groups in total. The Balaban J connectivity index is 2.02. The first-order chi connectivity index (χ1) is 6.33. The van der Waals surface area contributed by atoms with Gasteiger partial charge in [-0.15, -0.1) is 0 Å². The molecule has 1 heterocycles. The Kier molecular flexibility index (Phi) is 2.54. The summed E-state index contributed by atoms with van der Waals surface area (Å²) < 4.78 is 5.45. The molecule has 3 heteroatoms. The first-order valence-corrected chi connectivity index (χ1v) is 5.20. The average Bonchev–Trinajstić information content (AvgIpc) is 2.71. The van der Waals surface area contributed by atoms with E-state index in [4.69, 9.17) is 10.1 Å². The van der Waals surface area contributed by atoms with Gasteiger partial charge >= 0.3 is 0 Å². The first kappa shape index (κ1) is 9.00. The third-order valence-electron chi connectivity index (χ3n) is 3.28. The lowest BCUT2D eigenvalue weighted by Gasteiger charge is -2.29. The van der Waals surface area contributed by atoms with Crippen LogP contribution < -0.4 is 0 Å². The fraction of sp³-hybridized carbons (Fsp3) is 0.900. The van der Waals surface area contributed by atoms with Crippen molar-refractivity contribution in [3.8, 4) is 0 Å². The minimum atomic E-state index is 0.374. The van der Waals surface area contributed by atoms with Crippen LogP contribution in [-0.2, 0) is 4.74 Å². The third-order valence-corrected chi connectivity index (χ3v) is 3.28. The summed E-state index contributed by atoms with van der Waals surface area (Å²) in [6, 6.07) is 0.500. The second-order valence-electron chi connectivity index (χ2n) is 4.02. The SMILES string of the molecule is COC1CCCC1N1CCCC1=N. The zero-order valence-corrected chi connectivity index (χ0v) is 8.25. The maximum absolute atomic E-state index is 7.81. The van der Waals surface area contributed by atoms with Crippen LogP contribution in [-0.4, -0.2) is 36.5 Å². The van der Waals surface area contributed by atoms with Crippen molar-refractivity contribution in [3.63, 3.8) is 0 Å². The van der Waals surface area contributed by atoms with E-state index < -0.39 is 0 Å². The minimum Gasteiger partial charge on any atom is -0.379 e. The van der Waals surface area contributed by atoms with Crippen molar-refractivity contribution in [3.05, 3.63) is 0 Å². The van der Waals surface area contributed by atoms with E-state index in [1.54, 1.807) is 7.11 Å². The van der Waals surface area contributed by atoms with Crippen molar-refractivity contribution in [2.75, 3.05) is 13.7 Å². The molecule has 2 aliphatic rings. The van der Waals surface area contributed by atoms with Crippen LogP contribution in [0.15, 0.2) is 0 Å². The molecule has 2 unspecified atom stereocenters.